The molecule has 5 rings (SSSR count). The van der Waals surface area contributed by atoms with Crippen LogP contribution in [0.2, 0.25) is 0 Å². The number of hydrogen-bond acceptors (Lipinski definition) is 1. The second-order valence-corrected chi connectivity index (χ2v) is 7.44. The lowest BCUT2D eigenvalue weighted by Crippen LogP contribution is -2.35. The highest BCUT2D eigenvalue weighted by molar-refractivity contribution is 6.23. The van der Waals surface area contributed by atoms with Gasteiger partial charge in [0.05, 0.1) is 0 Å². The van der Waals surface area contributed by atoms with E-state index in [0.29, 0.717) is 0 Å². The largest absolute Gasteiger partial charge is 0.292 e. The molecule has 4 aromatic rings. The van der Waals surface area contributed by atoms with Crippen LogP contribution in [0, 0.1) is 0 Å². The summed E-state index contributed by atoms with van der Waals surface area (Å²) in [5.41, 5.74) is 5.00. The molecule has 0 unspecified atom stereocenters. The van der Waals surface area contributed by atoms with Crippen molar-refractivity contribution in [1.82, 2.24) is 0 Å². The van der Waals surface area contributed by atoms with Gasteiger partial charge in [-0.3, -0.25) is 4.79 Å². The summed E-state index contributed by atoms with van der Waals surface area (Å²) < 4.78 is 0. The molecule has 138 valence electrons. The average molecular weight is 372 g/mol. The normalized spacial score (nSPS) is 14.1. The molecule has 0 fully saturated rings. The summed E-state index contributed by atoms with van der Waals surface area (Å²) in [6.45, 7) is 7.71. The Morgan fingerprint density at radius 2 is 1.17 bits per heavy atom. The van der Waals surface area contributed by atoms with E-state index in [1.165, 1.54) is 0 Å². The molecule has 0 aromatic heterocycles. The van der Waals surface area contributed by atoms with E-state index in [9.17, 15) is 4.79 Å². The molecule has 0 N–H and O–H groups in total. The first kappa shape index (κ1) is 17.4. The van der Waals surface area contributed by atoms with Crippen molar-refractivity contribution in [3.8, 4) is 0 Å². The molecule has 0 saturated carbocycles. The summed E-state index contributed by atoms with van der Waals surface area (Å²) in [5, 5.41) is 2.15. The standard InChI is InChI=1S/C28H20O/c1-3-19-11-15-22(16-12-19)28(23-17-13-20(4-2)14-18-23)25-10-6-8-21-7-5-9-24(26(21)25)27(28)29/h3-18H,1-2H2. The lowest BCUT2D eigenvalue weighted by Gasteiger charge is -2.31. The maximum atomic E-state index is 14.1. The Hall–Kier alpha value is -3.71. The lowest BCUT2D eigenvalue weighted by atomic mass is 9.68. The minimum absolute atomic E-state index is 0.127. The molecule has 0 saturated heterocycles. The van der Waals surface area contributed by atoms with Gasteiger partial charge in [0.2, 0.25) is 0 Å². The van der Waals surface area contributed by atoms with Crippen molar-refractivity contribution in [2.75, 3.05) is 0 Å². The maximum absolute atomic E-state index is 14.1. The molecule has 0 aliphatic heterocycles. The van der Waals surface area contributed by atoms with E-state index in [4.69, 9.17) is 0 Å². The maximum Gasteiger partial charge on any atom is 0.182 e. The highest BCUT2D eigenvalue weighted by Gasteiger charge is 2.49. The molecular weight excluding hydrogens is 352 g/mol. The van der Waals surface area contributed by atoms with E-state index in [0.717, 1.165) is 44.2 Å². The van der Waals surface area contributed by atoms with Crippen LogP contribution in [0.3, 0.4) is 0 Å². The molecule has 1 nitrogen and oxygen atoms in total. The molecule has 4 aromatic carbocycles. The Balaban J connectivity index is 1.89. The Morgan fingerprint density at radius 1 is 0.655 bits per heavy atom. The number of rotatable bonds is 4. The fraction of sp³-hybridized carbons (Fsp3) is 0.0357. The number of Topliss-reactive ketones (excluding diaryl/α,β-unsaturated/α-hetero) is 1. The third-order valence-electron chi connectivity index (χ3n) is 6.05. The summed E-state index contributed by atoms with van der Waals surface area (Å²) in [6, 6.07) is 28.5. The van der Waals surface area contributed by atoms with E-state index >= 15 is 0 Å². The van der Waals surface area contributed by atoms with E-state index in [1.54, 1.807) is 0 Å². The first-order valence-corrected chi connectivity index (χ1v) is 9.73. The fourth-order valence-electron chi connectivity index (χ4n) is 4.65. The monoisotopic (exact) mass is 372 g/mol. The van der Waals surface area contributed by atoms with E-state index in [2.05, 4.69) is 55.6 Å². The van der Waals surface area contributed by atoms with E-state index in [-0.39, 0.29) is 5.78 Å². The number of ketones is 1. The van der Waals surface area contributed by atoms with Gasteiger partial charge in [0.1, 0.15) is 5.41 Å². The molecule has 1 heteroatoms. The Labute approximate surface area is 170 Å². The van der Waals surface area contributed by atoms with Crippen molar-refractivity contribution in [2.24, 2.45) is 0 Å². The second-order valence-electron chi connectivity index (χ2n) is 7.44. The first-order chi connectivity index (χ1) is 14.2. The summed E-state index contributed by atoms with van der Waals surface area (Å²) >= 11 is 0. The summed E-state index contributed by atoms with van der Waals surface area (Å²) in [5.74, 6) is 0.127. The Kier molecular flexibility index (Phi) is 3.85. The number of carbonyl (C=O) groups excluding carboxylic acids is 1. The Bertz CT molecular complexity index is 1220. The zero-order valence-electron chi connectivity index (χ0n) is 16.1. The predicted molar refractivity (Wildman–Crippen MR) is 121 cm³/mol. The van der Waals surface area contributed by atoms with E-state index in [1.807, 2.05) is 54.6 Å². The molecule has 0 amide bonds. The molecule has 0 atom stereocenters. The van der Waals surface area contributed by atoms with Crippen LogP contribution < -0.4 is 0 Å². The highest BCUT2D eigenvalue weighted by atomic mass is 16.1. The molecule has 0 heterocycles. The third-order valence-corrected chi connectivity index (χ3v) is 6.05. The van der Waals surface area contributed by atoms with Crippen LogP contribution in [-0.4, -0.2) is 5.78 Å². The van der Waals surface area contributed by atoms with Crippen molar-refractivity contribution in [3.63, 3.8) is 0 Å². The summed E-state index contributed by atoms with van der Waals surface area (Å²) in [6.07, 6.45) is 3.64. The molecule has 1 aliphatic rings. The van der Waals surface area contributed by atoms with Crippen LogP contribution in [0.25, 0.3) is 22.9 Å². The van der Waals surface area contributed by atoms with Crippen LogP contribution in [-0.2, 0) is 5.41 Å². The van der Waals surface area contributed by atoms with Gasteiger partial charge < -0.3 is 0 Å². The van der Waals surface area contributed by atoms with Crippen molar-refractivity contribution in [1.29, 1.82) is 0 Å². The molecule has 0 spiro atoms. The summed E-state index contributed by atoms with van der Waals surface area (Å²) in [7, 11) is 0. The van der Waals surface area contributed by atoms with Crippen molar-refractivity contribution >= 4 is 28.7 Å². The van der Waals surface area contributed by atoms with Crippen LogP contribution >= 0.6 is 0 Å². The van der Waals surface area contributed by atoms with Crippen molar-refractivity contribution in [3.05, 3.63) is 131 Å². The zero-order chi connectivity index (χ0) is 20.0. The Morgan fingerprint density at radius 3 is 1.69 bits per heavy atom. The third kappa shape index (κ3) is 2.31. The van der Waals surface area contributed by atoms with Crippen LogP contribution in [0.15, 0.2) is 98.1 Å². The topological polar surface area (TPSA) is 17.1 Å². The molecule has 0 radical (unpaired) electrons. The van der Waals surface area contributed by atoms with Crippen molar-refractivity contribution < 1.29 is 4.79 Å². The second kappa shape index (κ2) is 6.42. The summed E-state index contributed by atoms with van der Waals surface area (Å²) in [4.78, 5) is 14.1. The van der Waals surface area contributed by atoms with Crippen LogP contribution in [0.1, 0.15) is 38.2 Å². The molecule has 1 aliphatic carbocycles. The number of benzene rings is 4. The minimum atomic E-state index is -0.859. The van der Waals surface area contributed by atoms with Gasteiger partial charge in [-0.05, 0) is 38.6 Å². The van der Waals surface area contributed by atoms with Crippen molar-refractivity contribution in [2.45, 2.75) is 5.41 Å². The fourth-order valence-corrected chi connectivity index (χ4v) is 4.65. The van der Waals surface area contributed by atoms with Gasteiger partial charge in [0.15, 0.2) is 5.78 Å². The van der Waals surface area contributed by atoms with Gasteiger partial charge in [0, 0.05) is 5.56 Å². The first-order valence-electron chi connectivity index (χ1n) is 9.73. The number of carbonyl (C=O) groups is 1. The number of hydrogen-bond donors (Lipinski definition) is 0. The van der Waals surface area contributed by atoms with Gasteiger partial charge >= 0.3 is 0 Å². The SMILES string of the molecule is C=Cc1ccc(C2(c3ccc(C=C)cc3)C(=O)c3cccc4cccc2c34)cc1. The van der Waals surface area contributed by atoms with Gasteiger partial charge in [-0.1, -0.05) is 110 Å². The van der Waals surface area contributed by atoms with E-state index < -0.39 is 5.41 Å². The molecule has 0 bridgehead atoms. The van der Waals surface area contributed by atoms with Gasteiger partial charge in [0.25, 0.3) is 0 Å². The van der Waals surface area contributed by atoms with Crippen LogP contribution in [0.5, 0.6) is 0 Å². The smallest absolute Gasteiger partial charge is 0.182 e. The van der Waals surface area contributed by atoms with Gasteiger partial charge in [-0.25, -0.2) is 0 Å². The minimum Gasteiger partial charge on any atom is -0.292 e. The lowest BCUT2D eigenvalue weighted by molar-refractivity contribution is 0.0945. The van der Waals surface area contributed by atoms with Gasteiger partial charge in [-0.15, -0.1) is 0 Å². The molecule has 29 heavy (non-hydrogen) atoms. The predicted octanol–water partition coefficient (Wildman–Crippen LogP) is 6.66. The molecular formula is C28H20O. The quantitative estimate of drug-likeness (QED) is 0.392. The van der Waals surface area contributed by atoms with Crippen LogP contribution in [0.4, 0.5) is 0 Å². The van der Waals surface area contributed by atoms with Gasteiger partial charge in [-0.2, -0.15) is 0 Å². The highest BCUT2D eigenvalue weighted by Crippen LogP contribution is 2.50. The zero-order valence-corrected chi connectivity index (χ0v) is 16.1. The average Bonchev–Trinajstić information content (AvgIpc) is 3.05.